The minimum Gasteiger partial charge on any atom is -0.423 e. The van der Waals surface area contributed by atoms with Gasteiger partial charge in [-0.1, -0.05) is 26.0 Å². The number of primary amides is 1. The van der Waals surface area contributed by atoms with Crippen molar-refractivity contribution >= 4 is 18.5 Å². The van der Waals surface area contributed by atoms with Crippen LogP contribution in [0.2, 0.25) is 0 Å². The van der Waals surface area contributed by atoms with Crippen molar-refractivity contribution in [1.82, 2.24) is 0 Å². The fraction of sp³-hybridized carbons (Fsp3) is 0.222. The molecule has 1 amide bonds. The van der Waals surface area contributed by atoms with E-state index in [1.807, 2.05) is 13.8 Å². The lowest BCUT2D eigenvalue weighted by Crippen LogP contribution is -2.30. The van der Waals surface area contributed by atoms with E-state index in [4.69, 9.17) is 15.8 Å². The van der Waals surface area contributed by atoms with Gasteiger partial charge in [0.15, 0.2) is 0 Å². The molecule has 76 valence electrons. The van der Waals surface area contributed by atoms with Crippen LogP contribution in [0.25, 0.3) is 0 Å². The molecule has 0 bridgehead atoms. The van der Waals surface area contributed by atoms with Gasteiger partial charge in [0.05, 0.1) is 0 Å². The van der Waals surface area contributed by atoms with Gasteiger partial charge in [0.25, 0.3) is 0 Å². The normalized spacial score (nSPS) is 8.57. The quantitative estimate of drug-likeness (QED) is 0.555. The Labute approximate surface area is 83.5 Å². The zero-order chi connectivity index (χ0) is 11.1. The summed E-state index contributed by atoms with van der Waals surface area (Å²) in [5, 5.41) is 17.5. The van der Waals surface area contributed by atoms with Crippen LogP contribution < -0.4 is 11.2 Å². The lowest BCUT2D eigenvalue weighted by molar-refractivity contribution is 0.100. The van der Waals surface area contributed by atoms with E-state index in [2.05, 4.69) is 0 Å². The van der Waals surface area contributed by atoms with Crippen LogP contribution in [0, 0.1) is 0 Å². The molecule has 1 aromatic rings. The highest BCUT2D eigenvalue weighted by molar-refractivity contribution is 6.58. The first-order chi connectivity index (χ1) is 6.61. The molecule has 0 aliphatic heterocycles. The third-order valence-electron chi connectivity index (χ3n) is 1.47. The Morgan fingerprint density at radius 3 is 2.36 bits per heavy atom. The lowest BCUT2D eigenvalue weighted by atomic mass is 9.79. The topological polar surface area (TPSA) is 83.6 Å². The van der Waals surface area contributed by atoms with E-state index in [-0.39, 0.29) is 11.0 Å². The van der Waals surface area contributed by atoms with Crippen molar-refractivity contribution in [2.24, 2.45) is 5.73 Å². The van der Waals surface area contributed by atoms with Crippen LogP contribution in [0.5, 0.6) is 0 Å². The Balaban J connectivity index is 0.000000791. The maximum absolute atomic E-state index is 10.6. The van der Waals surface area contributed by atoms with E-state index < -0.39 is 13.0 Å². The van der Waals surface area contributed by atoms with Crippen LogP contribution in [-0.2, 0) is 0 Å². The minimum absolute atomic E-state index is 0.256. The molecule has 1 aromatic carbocycles. The summed E-state index contributed by atoms with van der Waals surface area (Å²) >= 11 is 0. The fourth-order valence-electron chi connectivity index (χ4n) is 0.853. The first-order valence-electron chi connectivity index (χ1n) is 4.37. The molecule has 0 fully saturated rings. The van der Waals surface area contributed by atoms with Gasteiger partial charge in [-0.05, 0) is 17.6 Å². The fourth-order valence-corrected chi connectivity index (χ4v) is 0.853. The first-order valence-corrected chi connectivity index (χ1v) is 4.37. The van der Waals surface area contributed by atoms with Gasteiger partial charge in [0, 0.05) is 5.56 Å². The van der Waals surface area contributed by atoms with Crippen molar-refractivity contribution in [3.63, 3.8) is 0 Å². The maximum atomic E-state index is 10.6. The highest BCUT2D eigenvalue weighted by Crippen LogP contribution is 1.94. The van der Waals surface area contributed by atoms with E-state index in [0.717, 1.165) is 0 Å². The third kappa shape index (κ3) is 3.59. The number of rotatable bonds is 2. The van der Waals surface area contributed by atoms with Crippen molar-refractivity contribution in [2.45, 2.75) is 13.8 Å². The van der Waals surface area contributed by atoms with Gasteiger partial charge >= 0.3 is 7.12 Å². The molecule has 0 aromatic heterocycles. The molecule has 0 heterocycles. The molecule has 1 rings (SSSR count). The standard InChI is InChI=1S/C7H8BNO3.C2H6/c9-7(10)5-2-1-3-6(4-5)8(11)12;1-2/h1-4,11-12H,(H2,9,10);1-2H3. The molecule has 14 heavy (non-hydrogen) atoms. The van der Waals surface area contributed by atoms with Gasteiger partial charge in [0.2, 0.25) is 5.91 Å². The summed E-state index contributed by atoms with van der Waals surface area (Å²) in [6.07, 6.45) is 0. The first kappa shape index (κ1) is 12.7. The molecule has 0 aliphatic carbocycles. The van der Waals surface area contributed by atoms with Gasteiger partial charge in [-0.25, -0.2) is 0 Å². The minimum atomic E-state index is -1.57. The van der Waals surface area contributed by atoms with Crippen molar-refractivity contribution < 1.29 is 14.8 Å². The second-order valence-corrected chi connectivity index (χ2v) is 2.36. The Bertz CT molecular complexity index is 302. The average molecular weight is 195 g/mol. The van der Waals surface area contributed by atoms with Crippen molar-refractivity contribution in [1.29, 1.82) is 0 Å². The van der Waals surface area contributed by atoms with Crippen molar-refractivity contribution in [3.05, 3.63) is 29.8 Å². The van der Waals surface area contributed by atoms with E-state index in [1.54, 1.807) is 0 Å². The average Bonchev–Trinajstić information content (AvgIpc) is 2.21. The van der Waals surface area contributed by atoms with Crippen molar-refractivity contribution in [2.75, 3.05) is 0 Å². The summed E-state index contributed by atoms with van der Waals surface area (Å²) in [5.41, 5.74) is 5.50. The molecule has 5 heteroatoms. The molecular weight excluding hydrogens is 181 g/mol. The number of carbonyl (C=O) groups is 1. The molecule has 0 aliphatic rings. The Kier molecular flexibility index (Phi) is 5.59. The molecule has 0 saturated carbocycles. The SMILES string of the molecule is CC.NC(=O)c1cccc(B(O)O)c1. The summed E-state index contributed by atoms with van der Waals surface area (Å²) in [7, 11) is -1.57. The largest absolute Gasteiger partial charge is 0.488 e. The predicted octanol–water partition coefficient (Wildman–Crippen LogP) is -0.508. The molecule has 0 saturated heterocycles. The van der Waals surface area contributed by atoms with E-state index in [9.17, 15) is 4.79 Å². The van der Waals surface area contributed by atoms with Crippen LogP contribution in [0.4, 0.5) is 0 Å². The van der Waals surface area contributed by atoms with Gasteiger partial charge in [-0.2, -0.15) is 0 Å². The highest BCUT2D eigenvalue weighted by Gasteiger charge is 2.11. The van der Waals surface area contributed by atoms with Crippen molar-refractivity contribution in [3.8, 4) is 0 Å². The summed E-state index contributed by atoms with van der Waals surface area (Å²) in [5.74, 6) is -0.586. The molecule has 0 unspecified atom stereocenters. The zero-order valence-corrected chi connectivity index (χ0v) is 8.27. The van der Waals surface area contributed by atoms with Gasteiger partial charge < -0.3 is 15.8 Å². The van der Waals surface area contributed by atoms with Crippen LogP contribution in [0.1, 0.15) is 24.2 Å². The Morgan fingerprint density at radius 1 is 1.36 bits per heavy atom. The highest BCUT2D eigenvalue weighted by atomic mass is 16.4. The van der Waals surface area contributed by atoms with E-state index in [1.165, 1.54) is 24.3 Å². The smallest absolute Gasteiger partial charge is 0.423 e. The summed E-state index contributed by atoms with van der Waals surface area (Å²) in [4.78, 5) is 10.6. The molecule has 0 spiro atoms. The third-order valence-corrected chi connectivity index (χ3v) is 1.47. The van der Waals surface area contributed by atoms with Crippen LogP contribution in [0.15, 0.2) is 24.3 Å². The number of benzene rings is 1. The molecular formula is C9H14BNO3. The number of nitrogens with two attached hydrogens (primary N) is 1. The molecule has 0 radical (unpaired) electrons. The Hall–Kier alpha value is -1.33. The molecule has 4 N–H and O–H groups in total. The predicted molar refractivity (Wildman–Crippen MR) is 56.1 cm³/mol. The van der Waals surface area contributed by atoms with E-state index >= 15 is 0 Å². The van der Waals surface area contributed by atoms with E-state index in [0.29, 0.717) is 0 Å². The zero-order valence-electron chi connectivity index (χ0n) is 8.27. The second kappa shape index (κ2) is 6.18. The number of amides is 1. The molecule has 0 atom stereocenters. The molecule has 4 nitrogen and oxygen atoms in total. The summed E-state index contributed by atoms with van der Waals surface area (Å²) in [6.45, 7) is 4.00. The number of hydrogen-bond acceptors (Lipinski definition) is 3. The number of carbonyl (C=O) groups excluding carboxylic acids is 1. The van der Waals surface area contributed by atoms with Gasteiger partial charge in [-0.15, -0.1) is 0 Å². The number of hydrogen-bond donors (Lipinski definition) is 3. The van der Waals surface area contributed by atoms with Crippen LogP contribution in [0.3, 0.4) is 0 Å². The summed E-state index contributed by atoms with van der Waals surface area (Å²) in [6, 6.07) is 5.88. The van der Waals surface area contributed by atoms with Gasteiger partial charge in [0.1, 0.15) is 0 Å². The van der Waals surface area contributed by atoms with Gasteiger partial charge in [-0.3, -0.25) is 4.79 Å². The maximum Gasteiger partial charge on any atom is 0.488 e. The monoisotopic (exact) mass is 195 g/mol. The second-order valence-electron chi connectivity index (χ2n) is 2.36. The lowest BCUT2D eigenvalue weighted by Gasteiger charge is -2.00. The van der Waals surface area contributed by atoms with Crippen LogP contribution >= 0.6 is 0 Å². The Morgan fingerprint density at radius 2 is 1.93 bits per heavy atom. The summed E-state index contributed by atoms with van der Waals surface area (Å²) < 4.78 is 0. The van der Waals surface area contributed by atoms with Crippen LogP contribution in [-0.4, -0.2) is 23.1 Å².